The van der Waals surface area contributed by atoms with Crippen molar-refractivity contribution >= 4 is 46.5 Å². The molecule has 2 aromatic carbocycles. The number of carbonyl (C=O) groups is 2. The minimum atomic E-state index is -0.348. The van der Waals surface area contributed by atoms with Crippen molar-refractivity contribution in [3.8, 4) is 0 Å². The van der Waals surface area contributed by atoms with Gasteiger partial charge >= 0.3 is 6.03 Å². The number of nitrogens with zero attached hydrogens (tertiary/aromatic N) is 1. The summed E-state index contributed by atoms with van der Waals surface area (Å²) in [5.41, 5.74) is 3.50. The van der Waals surface area contributed by atoms with Crippen LogP contribution in [0.4, 0.5) is 16.2 Å². The molecule has 29 heavy (non-hydrogen) atoms. The van der Waals surface area contributed by atoms with E-state index in [-0.39, 0.29) is 28.7 Å². The Labute approximate surface area is 178 Å². The van der Waals surface area contributed by atoms with Crippen molar-refractivity contribution in [3.63, 3.8) is 0 Å². The molecule has 3 rings (SSSR count). The predicted octanol–water partition coefficient (Wildman–Crippen LogP) is 5.27. The summed E-state index contributed by atoms with van der Waals surface area (Å²) in [6.45, 7) is 2.23. The maximum atomic E-state index is 12.2. The quantitative estimate of drug-likeness (QED) is 0.483. The standard InChI is InChI=1S/C21H18Cl2N4O2/c1-13-4-2-6-16(8-13)26-21(29)27-17-7-3-5-14(9-17)11-25-20(28)15-10-18(22)19(23)24-12-15/h2-10,12H,11H2,1H3,(H,25,28)(H2,26,27,29). The van der Waals surface area contributed by atoms with Crippen LogP contribution >= 0.6 is 23.2 Å². The smallest absolute Gasteiger partial charge is 0.323 e. The lowest BCUT2D eigenvalue weighted by molar-refractivity contribution is 0.0950. The fourth-order valence-electron chi connectivity index (χ4n) is 2.61. The average Bonchev–Trinajstić information content (AvgIpc) is 2.68. The van der Waals surface area contributed by atoms with Gasteiger partial charge in [0.2, 0.25) is 0 Å². The van der Waals surface area contributed by atoms with E-state index >= 15 is 0 Å². The van der Waals surface area contributed by atoms with E-state index in [1.54, 1.807) is 18.2 Å². The molecule has 148 valence electrons. The highest BCUT2D eigenvalue weighted by Gasteiger charge is 2.09. The predicted molar refractivity (Wildman–Crippen MR) is 116 cm³/mol. The Morgan fingerprint density at radius 1 is 0.966 bits per heavy atom. The zero-order valence-electron chi connectivity index (χ0n) is 15.5. The van der Waals surface area contributed by atoms with Crippen LogP contribution in [0.2, 0.25) is 10.2 Å². The average molecular weight is 429 g/mol. The molecule has 0 aliphatic heterocycles. The second-order valence-corrected chi connectivity index (χ2v) is 7.09. The van der Waals surface area contributed by atoms with Crippen molar-refractivity contribution in [2.75, 3.05) is 10.6 Å². The molecule has 0 saturated heterocycles. The third-order valence-corrected chi connectivity index (χ3v) is 4.66. The Hall–Kier alpha value is -3.09. The highest BCUT2D eigenvalue weighted by molar-refractivity contribution is 6.41. The first kappa shape index (κ1) is 20.6. The molecule has 0 bridgehead atoms. The largest absolute Gasteiger partial charge is 0.348 e. The number of amides is 3. The number of halogens is 2. The second-order valence-electron chi connectivity index (χ2n) is 6.33. The SMILES string of the molecule is Cc1cccc(NC(=O)Nc2cccc(CNC(=O)c3cnc(Cl)c(Cl)c3)c2)c1. The van der Waals surface area contributed by atoms with Crippen LogP contribution in [0.25, 0.3) is 0 Å². The molecule has 0 spiro atoms. The van der Waals surface area contributed by atoms with Crippen molar-refractivity contribution in [1.29, 1.82) is 0 Å². The van der Waals surface area contributed by atoms with Crippen LogP contribution in [-0.4, -0.2) is 16.9 Å². The van der Waals surface area contributed by atoms with Gasteiger partial charge < -0.3 is 16.0 Å². The lowest BCUT2D eigenvalue weighted by atomic mass is 10.2. The maximum Gasteiger partial charge on any atom is 0.323 e. The normalized spacial score (nSPS) is 10.3. The number of aromatic nitrogens is 1. The molecule has 1 aromatic heterocycles. The number of hydrogen-bond acceptors (Lipinski definition) is 3. The van der Waals surface area contributed by atoms with Crippen molar-refractivity contribution < 1.29 is 9.59 Å². The van der Waals surface area contributed by atoms with Gasteiger partial charge in [-0.15, -0.1) is 0 Å². The molecule has 3 amide bonds. The lowest BCUT2D eigenvalue weighted by Crippen LogP contribution is -2.23. The monoisotopic (exact) mass is 428 g/mol. The molecular formula is C21H18Cl2N4O2. The number of carbonyl (C=O) groups excluding carboxylic acids is 2. The third kappa shape index (κ3) is 5.94. The minimum Gasteiger partial charge on any atom is -0.348 e. The maximum absolute atomic E-state index is 12.2. The number of nitrogens with one attached hydrogen (secondary N) is 3. The van der Waals surface area contributed by atoms with Crippen LogP contribution < -0.4 is 16.0 Å². The van der Waals surface area contributed by atoms with Gasteiger partial charge in [-0.3, -0.25) is 4.79 Å². The first-order valence-electron chi connectivity index (χ1n) is 8.73. The minimum absolute atomic E-state index is 0.144. The Bertz CT molecular complexity index is 1060. The molecule has 0 unspecified atom stereocenters. The van der Waals surface area contributed by atoms with Crippen LogP contribution in [0.5, 0.6) is 0 Å². The summed E-state index contributed by atoms with van der Waals surface area (Å²) in [5.74, 6) is -0.327. The Morgan fingerprint density at radius 3 is 2.34 bits per heavy atom. The molecule has 0 radical (unpaired) electrons. The summed E-state index contributed by atoms with van der Waals surface area (Å²) in [5, 5.41) is 8.70. The van der Waals surface area contributed by atoms with Gasteiger partial charge in [-0.05, 0) is 48.4 Å². The van der Waals surface area contributed by atoms with E-state index in [2.05, 4.69) is 20.9 Å². The van der Waals surface area contributed by atoms with Crippen LogP contribution in [0, 0.1) is 6.92 Å². The highest BCUT2D eigenvalue weighted by Crippen LogP contribution is 2.20. The summed E-state index contributed by atoms with van der Waals surface area (Å²) < 4.78 is 0. The number of hydrogen-bond donors (Lipinski definition) is 3. The van der Waals surface area contributed by atoms with Gasteiger partial charge in [0.25, 0.3) is 5.91 Å². The van der Waals surface area contributed by atoms with Crippen molar-refractivity contribution in [1.82, 2.24) is 10.3 Å². The van der Waals surface area contributed by atoms with Gasteiger partial charge in [0.05, 0.1) is 10.6 Å². The highest BCUT2D eigenvalue weighted by atomic mass is 35.5. The number of rotatable bonds is 5. The molecular weight excluding hydrogens is 411 g/mol. The Morgan fingerprint density at radius 2 is 1.66 bits per heavy atom. The van der Waals surface area contributed by atoms with Crippen molar-refractivity contribution in [2.24, 2.45) is 0 Å². The van der Waals surface area contributed by atoms with E-state index in [1.807, 2.05) is 37.3 Å². The molecule has 0 aliphatic rings. The number of benzene rings is 2. The zero-order valence-corrected chi connectivity index (χ0v) is 17.0. The molecule has 3 N–H and O–H groups in total. The van der Waals surface area contributed by atoms with Gasteiger partial charge in [-0.2, -0.15) is 0 Å². The van der Waals surface area contributed by atoms with Crippen LogP contribution in [0.3, 0.4) is 0 Å². The molecule has 6 nitrogen and oxygen atoms in total. The van der Waals surface area contributed by atoms with Crippen molar-refractivity contribution in [3.05, 3.63) is 87.7 Å². The fraction of sp³-hybridized carbons (Fsp3) is 0.0952. The molecule has 0 saturated carbocycles. The molecule has 0 fully saturated rings. The summed E-state index contributed by atoms with van der Waals surface area (Å²) in [6, 6.07) is 15.8. The summed E-state index contributed by atoms with van der Waals surface area (Å²) in [7, 11) is 0. The van der Waals surface area contributed by atoms with Crippen LogP contribution in [-0.2, 0) is 6.54 Å². The Kier molecular flexibility index (Phi) is 6.69. The first-order valence-corrected chi connectivity index (χ1v) is 9.49. The van der Waals surface area contributed by atoms with Gasteiger partial charge in [-0.25, -0.2) is 9.78 Å². The molecule has 3 aromatic rings. The number of urea groups is 1. The topological polar surface area (TPSA) is 83.1 Å². The van der Waals surface area contributed by atoms with Gasteiger partial charge in [0.1, 0.15) is 5.15 Å². The van der Waals surface area contributed by atoms with Crippen LogP contribution in [0.1, 0.15) is 21.5 Å². The summed E-state index contributed by atoms with van der Waals surface area (Å²) in [4.78, 5) is 28.3. The summed E-state index contributed by atoms with van der Waals surface area (Å²) in [6.07, 6.45) is 1.36. The van der Waals surface area contributed by atoms with Gasteiger partial charge in [0, 0.05) is 24.1 Å². The molecule has 0 aliphatic carbocycles. The van der Waals surface area contributed by atoms with Gasteiger partial charge in [-0.1, -0.05) is 47.5 Å². The number of pyridine rings is 1. The van der Waals surface area contributed by atoms with E-state index in [0.717, 1.165) is 11.1 Å². The van der Waals surface area contributed by atoms with E-state index in [1.165, 1.54) is 12.3 Å². The summed E-state index contributed by atoms with van der Waals surface area (Å²) >= 11 is 11.7. The fourth-order valence-corrected chi connectivity index (χ4v) is 2.87. The molecule has 1 heterocycles. The van der Waals surface area contributed by atoms with E-state index in [9.17, 15) is 9.59 Å². The number of anilines is 2. The van der Waals surface area contributed by atoms with E-state index < -0.39 is 0 Å². The van der Waals surface area contributed by atoms with Crippen LogP contribution in [0.15, 0.2) is 60.8 Å². The lowest BCUT2D eigenvalue weighted by Gasteiger charge is -2.10. The third-order valence-electron chi connectivity index (χ3n) is 3.97. The number of aryl methyl sites for hydroxylation is 1. The van der Waals surface area contributed by atoms with Gasteiger partial charge in [0.15, 0.2) is 0 Å². The molecule has 0 atom stereocenters. The van der Waals surface area contributed by atoms with E-state index in [4.69, 9.17) is 23.2 Å². The zero-order chi connectivity index (χ0) is 20.8. The molecule has 8 heteroatoms. The Balaban J connectivity index is 1.58. The van der Waals surface area contributed by atoms with Crippen molar-refractivity contribution in [2.45, 2.75) is 13.5 Å². The first-order chi connectivity index (χ1) is 13.9. The second kappa shape index (κ2) is 9.41. The van der Waals surface area contributed by atoms with E-state index in [0.29, 0.717) is 16.9 Å².